The third-order valence-corrected chi connectivity index (χ3v) is 4.60. The van der Waals surface area contributed by atoms with Crippen molar-refractivity contribution >= 4 is 6.29 Å². The second-order valence-corrected chi connectivity index (χ2v) is 5.31. The van der Waals surface area contributed by atoms with E-state index in [1.165, 1.54) is 0 Å². The Kier molecular flexibility index (Phi) is 2.86. The van der Waals surface area contributed by atoms with Crippen molar-refractivity contribution in [1.29, 1.82) is 0 Å². The van der Waals surface area contributed by atoms with Gasteiger partial charge >= 0.3 is 0 Å². The van der Waals surface area contributed by atoms with Crippen LogP contribution in [0.2, 0.25) is 0 Å². The molecule has 5 atom stereocenters. The van der Waals surface area contributed by atoms with E-state index < -0.39 is 5.60 Å². The molecule has 0 heterocycles. The molecule has 15 heavy (non-hydrogen) atoms. The number of carbonyl (C=O) groups is 1. The van der Waals surface area contributed by atoms with Crippen molar-refractivity contribution in [3.05, 3.63) is 0 Å². The maximum atomic E-state index is 10.8. The summed E-state index contributed by atoms with van der Waals surface area (Å²) in [7, 11) is 0. The molecule has 0 radical (unpaired) electrons. The first-order valence-electron chi connectivity index (χ1n) is 5.91. The van der Waals surface area contributed by atoms with Gasteiger partial charge in [-0.1, -0.05) is 6.92 Å². The number of aliphatic hydroxyl groups excluding tert-OH is 1. The summed E-state index contributed by atoms with van der Waals surface area (Å²) in [5, 5.41) is 19.9. The van der Waals surface area contributed by atoms with E-state index in [-0.39, 0.29) is 30.3 Å². The lowest BCUT2D eigenvalue weighted by molar-refractivity contribution is -0.132. The fourth-order valence-electron chi connectivity index (χ4n) is 3.70. The van der Waals surface area contributed by atoms with E-state index in [4.69, 9.17) is 0 Å². The molecule has 2 aliphatic rings. The number of rotatable bonds is 3. The molecule has 3 unspecified atom stereocenters. The Hall–Kier alpha value is -0.410. The summed E-state index contributed by atoms with van der Waals surface area (Å²) in [4.78, 5) is 10.8. The maximum absolute atomic E-state index is 10.8. The minimum atomic E-state index is -0.714. The lowest BCUT2D eigenvalue weighted by Gasteiger charge is -2.45. The minimum Gasteiger partial charge on any atom is -0.396 e. The molecule has 0 saturated heterocycles. The van der Waals surface area contributed by atoms with Gasteiger partial charge < -0.3 is 15.0 Å². The molecule has 0 amide bonds. The van der Waals surface area contributed by atoms with Crippen molar-refractivity contribution in [1.82, 2.24) is 0 Å². The first-order chi connectivity index (χ1) is 7.12. The largest absolute Gasteiger partial charge is 0.396 e. The van der Waals surface area contributed by atoms with Crippen LogP contribution in [0.4, 0.5) is 0 Å². The maximum Gasteiger partial charge on any atom is 0.123 e. The predicted octanol–water partition coefficient (Wildman–Crippen LogP) is 0.981. The highest BCUT2D eigenvalue weighted by molar-refractivity contribution is 5.54. The minimum absolute atomic E-state index is 0.0370. The van der Waals surface area contributed by atoms with Gasteiger partial charge in [-0.2, -0.15) is 0 Å². The summed E-state index contributed by atoms with van der Waals surface area (Å²) in [6, 6.07) is 0. The summed E-state index contributed by atoms with van der Waals surface area (Å²) >= 11 is 0. The zero-order chi connectivity index (χ0) is 11.1. The molecule has 2 fully saturated rings. The molecule has 0 aromatic carbocycles. The van der Waals surface area contributed by atoms with Gasteiger partial charge in [0, 0.05) is 18.4 Å². The Morgan fingerprint density at radius 2 is 1.93 bits per heavy atom. The molecule has 2 N–H and O–H groups in total. The van der Waals surface area contributed by atoms with E-state index in [2.05, 4.69) is 0 Å². The van der Waals surface area contributed by atoms with E-state index in [9.17, 15) is 15.0 Å². The molecule has 2 saturated carbocycles. The van der Waals surface area contributed by atoms with Crippen molar-refractivity contribution in [3.63, 3.8) is 0 Å². The summed E-state index contributed by atoms with van der Waals surface area (Å²) in [5.74, 6) is 0.499. The SMILES string of the molecule is CC(CO)C1(O)[C@@H]2CC[C@H]1CC(C=O)C2. The van der Waals surface area contributed by atoms with E-state index in [1.807, 2.05) is 6.92 Å². The van der Waals surface area contributed by atoms with Crippen LogP contribution in [-0.2, 0) is 4.79 Å². The van der Waals surface area contributed by atoms with Crippen LogP contribution >= 0.6 is 0 Å². The third-order valence-electron chi connectivity index (χ3n) is 4.60. The number of hydrogen-bond acceptors (Lipinski definition) is 3. The number of hydrogen-bond donors (Lipinski definition) is 2. The Labute approximate surface area is 90.5 Å². The molecule has 0 spiro atoms. The number of carbonyl (C=O) groups excluding carboxylic acids is 1. The van der Waals surface area contributed by atoms with Crippen molar-refractivity contribution in [3.8, 4) is 0 Å². The van der Waals surface area contributed by atoms with Crippen LogP contribution in [0.25, 0.3) is 0 Å². The van der Waals surface area contributed by atoms with Crippen LogP contribution in [0.1, 0.15) is 32.6 Å². The lowest BCUT2D eigenvalue weighted by atomic mass is 9.65. The number of aldehydes is 1. The Morgan fingerprint density at radius 3 is 2.33 bits per heavy atom. The fraction of sp³-hybridized carbons (Fsp3) is 0.917. The topological polar surface area (TPSA) is 57.5 Å². The summed E-state index contributed by atoms with van der Waals surface area (Å²) < 4.78 is 0. The Balaban J connectivity index is 2.19. The van der Waals surface area contributed by atoms with Gasteiger partial charge in [0.15, 0.2) is 0 Å². The van der Waals surface area contributed by atoms with Gasteiger partial charge in [0.2, 0.25) is 0 Å². The highest BCUT2D eigenvalue weighted by atomic mass is 16.3. The third kappa shape index (κ3) is 1.53. The van der Waals surface area contributed by atoms with E-state index in [0.29, 0.717) is 0 Å². The standard InChI is InChI=1S/C12H20O3/c1-8(6-13)12(15)10-2-3-11(12)5-9(4-10)7-14/h7-11,13,15H,2-6H2,1H3/t8?,9?,10-,11+,12?. The molecule has 86 valence electrons. The van der Waals surface area contributed by atoms with Gasteiger partial charge in [0.1, 0.15) is 6.29 Å². The zero-order valence-electron chi connectivity index (χ0n) is 9.22. The second-order valence-electron chi connectivity index (χ2n) is 5.31. The van der Waals surface area contributed by atoms with Crippen molar-refractivity contribution in [2.75, 3.05) is 6.61 Å². The van der Waals surface area contributed by atoms with Crippen molar-refractivity contribution in [2.45, 2.75) is 38.2 Å². The van der Waals surface area contributed by atoms with Crippen LogP contribution in [0.5, 0.6) is 0 Å². The van der Waals surface area contributed by atoms with Gasteiger partial charge in [0.25, 0.3) is 0 Å². The summed E-state index contributed by atoms with van der Waals surface area (Å²) in [6.07, 6.45) is 4.67. The molecular formula is C12H20O3. The molecular weight excluding hydrogens is 192 g/mol. The Bertz CT molecular complexity index is 237. The normalized spacial score (nSPS) is 46.5. The molecule has 0 aromatic rings. The van der Waals surface area contributed by atoms with Gasteiger partial charge in [-0.05, 0) is 37.5 Å². The summed E-state index contributed by atoms with van der Waals surface area (Å²) in [5.41, 5.74) is -0.714. The van der Waals surface area contributed by atoms with Crippen LogP contribution in [0.15, 0.2) is 0 Å². The molecule has 2 rings (SSSR count). The van der Waals surface area contributed by atoms with Crippen LogP contribution in [0.3, 0.4) is 0 Å². The highest BCUT2D eigenvalue weighted by Gasteiger charge is 2.55. The molecule has 2 aliphatic carbocycles. The van der Waals surface area contributed by atoms with E-state index in [0.717, 1.165) is 32.0 Å². The monoisotopic (exact) mass is 212 g/mol. The predicted molar refractivity (Wildman–Crippen MR) is 56.2 cm³/mol. The second kappa shape index (κ2) is 3.87. The van der Waals surface area contributed by atoms with Crippen molar-refractivity contribution in [2.24, 2.45) is 23.7 Å². The quantitative estimate of drug-likeness (QED) is 0.686. The molecule has 3 heteroatoms. The van der Waals surface area contributed by atoms with Crippen LogP contribution in [-0.4, -0.2) is 28.7 Å². The smallest absolute Gasteiger partial charge is 0.123 e. The lowest BCUT2D eigenvalue weighted by Crippen LogP contribution is -2.51. The van der Waals surface area contributed by atoms with E-state index >= 15 is 0 Å². The van der Waals surface area contributed by atoms with Crippen LogP contribution < -0.4 is 0 Å². The average Bonchev–Trinajstić information content (AvgIpc) is 2.46. The highest BCUT2D eigenvalue weighted by Crippen LogP contribution is 2.54. The van der Waals surface area contributed by atoms with Gasteiger partial charge in [-0.3, -0.25) is 0 Å². The number of fused-ring (bicyclic) bond motifs is 2. The van der Waals surface area contributed by atoms with Gasteiger partial charge in [0.05, 0.1) is 5.60 Å². The molecule has 0 aromatic heterocycles. The first kappa shape index (κ1) is 11.1. The van der Waals surface area contributed by atoms with Crippen LogP contribution in [0, 0.1) is 23.7 Å². The molecule has 2 bridgehead atoms. The average molecular weight is 212 g/mol. The Morgan fingerprint density at radius 1 is 1.40 bits per heavy atom. The van der Waals surface area contributed by atoms with Crippen molar-refractivity contribution < 1.29 is 15.0 Å². The van der Waals surface area contributed by atoms with Gasteiger partial charge in [-0.25, -0.2) is 0 Å². The molecule has 3 nitrogen and oxygen atoms in total. The fourth-order valence-corrected chi connectivity index (χ4v) is 3.70. The summed E-state index contributed by atoms with van der Waals surface area (Å²) in [6.45, 7) is 1.95. The first-order valence-corrected chi connectivity index (χ1v) is 5.91. The zero-order valence-corrected chi connectivity index (χ0v) is 9.22. The van der Waals surface area contributed by atoms with Gasteiger partial charge in [-0.15, -0.1) is 0 Å². The number of aliphatic hydroxyl groups is 2. The molecule has 0 aliphatic heterocycles. The van der Waals surface area contributed by atoms with E-state index in [1.54, 1.807) is 0 Å².